The molecule has 1 unspecified atom stereocenters. The van der Waals surface area contributed by atoms with Crippen molar-refractivity contribution in [2.45, 2.75) is 26.2 Å². The molecule has 1 aromatic heterocycles. The van der Waals surface area contributed by atoms with Crippen molar-refractivity contribution in [3.63, 3.8) is 0 Å². The SMILES string of the molecule is CC(CNc1ccnc(F)c1)CN1CCCCC1. The van der Waals surface area contributed by atoms with Crippen molar-refractivity contribution >= 4 is 5.69 Å². The van der Waals surface area contributed by atoms with Crippen LogP contribution in [0.15, 0.2) is 18.3 Å². The standard InChI is InChI=1S/C14H22FN3/c1-12(11-18-7-3-2-4-8-18)10-17-13-5-6-16-14(15)9-13/h5-6,9,12H,2-4,7-8,10-11H2,1H3,(H,16,17). The van der Waals surface area contributed by atoms with Gasteiger partial charge < -0.3 is 10.2 Å². The van der Waals surface area contributed by atoms with Crippen molar-refractivity contribution in [1.82, 2.24) is 9.88 Å². The zero-order valence-electron chi connectivity index (χ0n) is 11.0. The van der Waals surface area contributed by atoms with Crippen LogP contribution in [0.25, 0.3) is 0 Å². The van der Waals surface area contributed by atoms with Gasteiger partial charge in [0.2, 0.25) is 5.95 Å². The van der Waals surface area contributed by atoms with E-state index in [9.17, 15) is 4.39 Å². The van der Waals surface area contributed by atoms with Gasteiger partial charge in [0.05, 0.1) is 0 Å². The molecule has 0 amide bonds. The molecule has 1 aliphatic rings. The predicted octanol–water partition coefficient (Wildman–Crippen LogP) is 2.75. The van der Waals surface area contributed by atoms with Crippen molar-refractivity contribution in [3.05, 3.63) is 24.3 Å². The molecule has 2 heterocycles. The van der Waals surface area contributed by atoms with Gasteiger partial charge in [-0.25, -0.2) is 4.98 Å². The van der Waals surface area contributed by atoms with Crippen LogP contribution in [0.1, 0.15) is 26.2 Å². The van der Waals surface area contributed by atoms with Crippen molar-refractivity contribution in [3.8, 4) is 0 Å². The van der Waals surface area contributed by atoms with E-state index in [1.807, 2.05) is 0 Å². The molecule has 0 spiro atoms. The summed E-state index contributed by atoms with van der Waals surface area (Å²) in [7, 11) is 0. The highest BCUT2D eigenvalue weighted by Crippen LogP contribution is 2.12. The van der Waals surface area contributed by atoms with E-state index in [-0.39, 0.29) is 0 Å². The number of rotatable bonds is 5. The van der Waals surface area contributed by atoms with Crippen LogP contribution in [0, 0.1) is 11.9 Å². The smallest absolute Gasteiger partial charge is 0.214 e. The topological polar surface area (TPSA) is 28.2 Å². The van der Waals surface area contributed by atoms with Crippen LogP contribution >= 0.6 is 0 Å². The van der Waals surface area contributed by atoms with E-state index in [0.29, 0.717) is 5.92 Å². The molecule has 1 saturated heterocycles. The van der Waals surface area contributed by atoms with Gasteiger partial charge in [0.1, 0.15) is 0 Å². The Bertz CT molecular complexity index is 364. The third-order valence-corrected chi connectivity index (χ3v) is 3.40. The Morgan fingerprint density at radius 2 is 2.17 bits per heavy atom. The second kappa shape index (κ2) is 6.69. The van der Waals surface area contributed by atoms with Crippen LogP contribution in [-0.2, 0) is 0 Å². The lowest BCUT2D eigenvalue weighted by atomic mass is 10.1. The summed E-state index contributed by atoms with van der Waals surface area (Å²) in [5.41, 5.74) is 0.813. The Morgan fingerprint density at radius 3 is 2.89 bits per heavy atom. The molecule has 0 radical (unpaired) electrons. The Labute approximate surface area is 108 Å². The summed E-state index contributed by atoms with van der Waals surface area (Å²) < 4.78 is 12.9. The molecule has 18 heavy (non-hydrogen) atoms. The summed E-state index contributed by atoms with van der Waals surface area (Å²) in [6, 6.07) is 3.24. The number of halogens is 1. The monoisotopic (exact) mass is 251 g/mol. The average Bonchev–Trinajstić information content (AvgIpc) is 2.38. The number of pyridine rings is 1. The number of hydrogen-bond donors (Lipinski definition) is 1. The first-order valence-corrected chi connectivity index (χ1v) is 6.82. The van der Waals surface area contributed by atoms with Gasteiger partial charge in [-0.2, -0.15) is 4.39 Å². The van der Waals surface area contributed by atoms with Gasteiger partial charge in [-0.1, -0.05) is 13.3 Å². The van der Waals surface area contributed by atoms with Gasteiger partial charge >= 0.3 is 0 Å². The first-order chi connectivity index (χ1) is 8.74. The summed E-state index contributed by atoms with van der Waals surface area (Å²) in [6.07, 6.45) is 5.53. The van der Waals surface area contributed by atoms with E-state index < -0.39 is 5.95 Å². The first kappa shape index (κ1) is 13.3. The number of piperidine rings is 1. The fourth-order valence-corrected chi connectivity index (χ4v) is 2.45. The number of nitrogens with zero attached hydrogens (tertiary/aromatic N) is 2. The summed E-state index contributed by atoms with van der Waals surface area (Å²) in [5.74, 6) is 0.142. The minimum Gasteiger partial charge on any atom is -0.385 e. The molecule has 2 rings (SSSR count). The second-order valence-electron chi connectivity index (χ2n) is 5.21. The fraction of sp³-hybridized carbons (Fsp3) is 0.643. The van der Waals surface area contributed by atoms with Crippen LogP contribution < -0.4 is 5.32 Å². The van der Waals surface area contributed by atoms with Crippen molar-refractivity contribution in [2.24, 2.45) is 5.92 Å². The highest BCUT2D eigenvalue weighted by molar-refractivity contribution is 5.41. The van der Waals surface area contributed by atoms with Gasteiger partial charge in [0.25, 0.3) is 0 Å². The Kier molecular flexibility index (Phi) is 4.93. The van der Waals surface area contributed by atoms with Gasteiger partial charge in [-0.05, 0) is 37.9 Å². The molecule has 0 bridgehead atoms. The quantitative estimate of drug-likeness (QED) is 0.816. The van der Waals surface area contributed by atoms with Gasteiger partial charge in [-0.3, -0.25) is 0 Å². The lowest BCUT2D eigenvalue weighted by Gasteiger charge is -2.29. The van der Waals surface area contributed by atoms with E-state index in [0.717, 1.165) is 18.8 Å². The van der Waals surface area contributed by atoms with Crippen LogP contribution in [-0.4, -0.2) is 36.1 Å². The highest BCUT2D eigenvalue weighted by atomic mass is 19.1. The largest absolute Gasteiger partial charge is 0.385 e. The van der Waals surface area contributed by atoms with Crippen molar-refractivity contribution in [2.75, 3.05) is 31.5 Å². The molecular weight excluding hydrogens is 229 g/mol. The Morgan fingerprint density at radius 1 is 1.39 bits per heavy atom. The van der Waals surface area contributed by atoms with Gasteiger partial charge in [0.15, 0.2) is 0 Å². The minimum atomic E-state index is -0.427. The van der Waals surface area contributed by atoms with E-state index in [4.69, 9.17) is 0 Å². The molecule has 4 heteroatoms. The van der Waals surface area contributed by atoms with Crippen LogP contribution in [0.2, 0.25) is 0 Å². The Balaban J connectivity index is 1.72. The van der Waals surface area contributed by atoms with Crippen LogP contribution in [0.5, 0.6) is 0 Å². The lowest BCUT2D eigenvalue weighted by Crippen LogP contribution is -2.35. The van der Waals surface area contributed by atoms with Crippen molar-refractivity contribution < 1.29 is 4.39 Å². The second-order valence-corrected chi connectivity index (χ2v) is 5.21. The molecule has 3 nitrogen and oxygen atoms in total. The molecule has 1 fully saturated rings. The molecule has 100 valence electrons. The number of aromatic nitrogens is 1. The molecule has 0 aliphatic carbocycles. The minimum absolute atomic E-state index is 0.427. The number of nitrogens with one attached hydrogen (secondary N) is 1. The van der Waals surface area contributed by atoms with Gasteiger partial charge in [0, 0.05) is 31.0 Å². The van der Waals surface area contributed by atoms with E-state index >= 15 is 0 Å². The Hall–Kier alpha value is -1.16. The summed E-state index contributed by atoms with van der Waals surface area (Å²) in [4.78, 5) is 6.08. The molecule has 0 aromatic carbocycles. The predicted molar refractivity (Wildman–Crippen MR) is 72.1 cm³/mol. The van der Waals surface area contributed by atoms with E-state index in [1.165, 1.54) is 44.6 Å². The molecule has 1 aliphatic heterocycles. The molecule has 1 aromatic rings. The summed E-state index contributed by atoms with van der Waals surface area (Å²) in [5, 5.41) is 3.27. The zero-order valence-corrected chi connectivity index (χ0v) is 11.0. The van der Waals surface area contributed by atoms with Crippen LogP contribution in [0.4, 0.5) is 10.1 Å². The van der Waals surface area contributed by atoms with Crippen molar-refractivity contribution in [1.29, 1.82) is 0 Å². The molecule has 1 atom stereocenters. The number of likely N-dealkylation sites (tertiary alicyclic amines) is 1. The zero-order chi connectivity index (χ0) is 12.8. The van der Waals surface area contributed by atoms with Gasteiger partial charge in [-0.15, -0.1) is 0 Å². The average molecular weight is 251 g/mol. The molecule has 1 N–H and O–H groups in total. The fourth-order valence-electron chi connectivity index (χ4n) is 2.45. The highest BCUT2D eigenvalue weighted by Gasteiger charge is 2.13. The van der Waals surface area contributed by atoms with E-state index in [2.05, 4.69) is 22.1 Å². The number of hydrogen-bond acceptors (Lipinski definition) is 3. The first-order valence-electron chi connectivity index (χ1n) is 6.82. The third kappa shape index (κ3) is 4.26. The normalized spacial score (nSPS) is 18.6. The summed E-state index contributed by atoms with van der Waals surface area (Å²) >= 11 is 0. The maximum atomic E-state index is 12.9. The van der Waals surface area contributed by atoms with Crippen LogP contribution in [0.3, 0.4) is 0 Å². The molecular formula is C14H22FN3. The summed E-state index contributed by atoms with van der Waals surface area (Å²) in [6.45, 7) is 6.70. The maximum absolute atomic E-state index is 12.9. The maximum Gasteiger partial charge on any atom is 0.214 e. The lowest BCUT2D eigenvalue weighted by molar-refractivity contribution is 0.204. The number of anilines is 1. The molecule has 0 saturated carbocycles. The third-order valence-electron chi connectivity index (χ3n) is 3.40. The van der Waals surface area contributed by atoms with E-state index in [1.54, 1.807) is 6.07 Å².